The van der Waals surface area contributed by atoms with Crippen LogP contribution >= 0.6 is 35.7 Å². The standard InChI is InChI=1S/C19H27N5S.HI/c1-4-21-18(23-11-12-25-19(2,3)14-23)22-13-16-7-5-6-8-17(16)24-10-9-20-15-24;/h5-10,15H,4,11-14H2,1-3H3,(H,21,22);1H. The summed E-state index contributed by atoms with van der Waals surface area (Å²) in [6.45, 7) is 10.3. The predicted octanol–water partition coefficient (Wildman–Crippen LogP) is 3.78. The molecule has 26 heavy (non-hydrogen) atoms. The Hall–Kier alpha value is -1.22. The molecule has 0 aliphatic carbocycles. The smallest absolute Gasteiger partial charge is 0.194 e. The highest BCUT2D eigenvalue weighted by atomic mass is 127. The summed E-state index contributed by atoms with van der Waals surface area (Å²) in [7, 11) is 0. The van der Waals surface area contributed by atoms with E-state index in [9.17, 15) is 0 Å². The summed E-state index contributed by atoms with van der Waals surface area (Å²) >= 11 is 2.04. The van der Waals surface area contributed by atoms with Crippen LogP contribution in [0.3, 0.4) is 0 Å². The number of aliphatic imine (C=N–C) groups is 1. The van der Waals surface area contributed by atoms with Crippen molar-refractivity contribution in [1.82, 2.24) is 19.8 Å². The van der Waals surface area contributed by atoms with Crippen molar-refractivity contribution in [3.63, 3.8) is 0 Å². The van der Waals surface area contributed by atoms with Gasteiger partial charge in [0, 0.05) is 42.5 Å². The summed E-state index contributed by atoms with van der Waals surface area (Å²) in [5.74, 6) is 2.15. The van der Waals surface area contributed by atoms with Crippen LogP contribution in [-0.4, -0.2) is 50.5 Å². The maximum atomic E-state index is 4.93. The number of aromatic nitrogens is 2. The molecule has 5 nitrogen and oxygen atoms in total. The highest BCUT2D eigenvalue weighted by molar-refractivity contribution is 14.0. The average Bonchev–Trinajstić information content (AvgIpc) is 3.12. The van der Waals surface area contributed by atoms with E-state index < -0.39 is 0 Å². The Morgan fingerprint density at radius 1 is 1.35 bits per heavy atom. The molecular formula is C19H28IN5S. The Labute approximate surface area is 177 Å². The number of nitrogens with zero attached hydrogens (tertiary/aromatic N) is 4. The summed E-state index contributed by atoms with van der Waals surface area (Å²) in [5, 5.41) is 3.46. The third-order valence-corrected chi connectivity index (χ3v) is 5.53. The number of para-hydroxylation sites is 1. The van der Waals surface area contributed by atoms with Crippen molar-refractivity contribution in [3.8, 4) is 5.69 Å². The highest BCUT2D eigenvalue weighted by Crippen LogP contribution is 2.29. The van der Waals surface area contributed by atoms with E-state index in [1.807, 2.05) is 28.9 Å². The van der Waals surface area contributed by atoms with Gasteiger partial charge in [-0.3, -0.25) is 0 Å². The molecule has 142 valence electrons. The van der Waals surface area contributed by atoms with Crippen molar-refractivity contribution in [2.45, 2.75) is 32.1 Å². The van der Waals surface area contributed by atoms with Crippen molar-refractivity contribution < 1.29 is 0 Å². The molecule has 1 aliphatic heterocycles. The molecule has 0 atom stereocenters. The van der Waals surface area contributed by atoms with Crippen molar-refractivity contribution in [2.24, 2.45) is 4.99 Å². The Morgan fingerprint density at radius 3 is 2.85 bits per heavy atom. The van der Waals surface area contributed by atoms with Crippen molar-refractivity contribution >= 4 is 41.7 Å². The van der Waals surface area contributed by atoms with E-state index in [2.05, 4.69) is 60.2 Å². The molecule has 2 aromatic rings. The zero-order valence-corrected chi connectivity index (χ0v) is 18.8. The molecule has 1 aromatic carbocycles. The van der Waals surface area contributed by atoms with E-state index in [-0.39, 0.29) is 28.7 Å². The molecule has 1 aliphatic rings. The van der Waals surface area contributed by atoms with Gasteiger partial charge in [-0.25, -0.2) is 9.98 Å². The van der Waals surface area contributed by atoms with Crippen LogP contribution in [0.25, 0.3) is 5.69 Å². The van der Waals surface area contributed by atoms with E-state index >= 15 is 0 Å². The van der Waals surface area contributed by atoms with Crippen LogP contribution in [0.2, 0.25) is 0 Å². The number of halogens is 1. The van der Waals surface area contributed by atoms with Crippen LogP contribution in [0.5, 0.6) is 0 Å². The largest absolute Gasteiger partial charge is 0.357 e. The summed E-state index contributed by atoms with van der Waals surface area (Å²) in [6, 6.07) is 8.37. The quantitative estimate of drug-likeness (QED) is 0.407. The van der Waals surface area contributed by atoms with Gasteiger partial charge in [-0.05, 0) is 32.4 Å². The average molecular weight is 485 g/mol. The topological polar surface area (TPSA) is 45.5 Å². The first-order valence-corrected chi connectivity index (χ1v) is 9.81. The summed E-state index contributed by atoms with van der Waals surface area (Å²) in [4.78, 5) is 11.5. The minimum absolute atomic E-state index is 0. The van der Waals surface area contributed by atoms with E-state index in [0.717, 1.165) is 37.0 Å². The normalized spacial score (nSPS) is 16.9. The minimum Gasteiger partial charge on any atom is -0.357 e. The first-order chi connectivity index (χ1) is 12.1. The fraction of sp³-hybridized carbons (Fsp3) is 0.474. The molecule has 0 radical (unpaired) electrons. The van der Waals surface area contributed by atoms with E-state index in [4.69, 9.17) is 4.99 Å². The van der Waals surface area contributed by atoms with Crippen LogP contribution in [0.4, 0.5) is 0 Å². The third kappa shape index (κ3) is 5.39. The van der Waals surface area contributed by atoms with Crippen molar-refractivity contribution in [1.29, 1.82) is 0 Å². The SMILES string of the molecule is CCNC(=NCc1ccccc1-n1ccnc1)N1CCSC(C)(C)C1.I. The van der Waals surface area contributed by atoms with Gasteiger partial charge in [0.25, 0.3) is 0 Å². The van der Waals surface area contributed by atoms with Crippen molar-refractivity contribution in [3.05, 3.63) is 48.5 Å². The molecule has 0 unspecified atom stereocenters. The van der Waals surface area contributed by atoms with Crippen LogP contribution in [-0.2, 0) is 6.54 Å². The van der Waals surface area contributed by atoms with Gasteiger partial charge in [-0.15, -0.1) is 24.0 Å². The monoisotopic (exact) mass is 485 g/mol. The molecule has 7 heteroatoms. The maximum absolute atomic E-state index is 4.93. The highest BCUT2D eigenvalue weighted by Gasteiger charge is 2.28. The third-order valence-electron chi connectivity index (χ3n) is 4.23. The van der Waals surface area contributed by atoms with Gasteiger partial charge in [0.05, 0.1) is 18.6 Å². The lowest BCUT2D eigenvalue weighted by molar-refractivity contribution is 0.376. The Bertz CT molecular complexity index is 714. The second kappa shape index (κ2) is 9.64. The summed E-state index contributed by atoms with van der Waals surface area (Å²) in [6.07, 6.45) is 5.61. The van der Waals surface area contributed by atoms with E-state index in [1.165, 1.54) is 5.56 Å². The summed E-state index contributed by atoms with van der Waals surface area (Å²) < 4.78 is 2.31. The van der Waals surface area contributed by atoms with Gasteiger partial charge in [0.1, 0.15) is 0 Å². The molecule has 1 saturated heterocycles. The van der Waals surface area contributed by atoms with Crippen LogP contribution < -0.4 is 5.32 Å². The van der Waals surface area contributed by atoms with Crippen LogP contribution in [0.1, 0.15) is 26.3 Å². The zero-order valence-electron chi connectivity index (χ0n) is 15.7. The van der Waals surface area contributed by atoms with Crippen LogP contribution in [0.15, 0.2) is 48.0 Å². The number of hydrogen-bond acceptors (Lipinski definition) is 3. The van der Waals surface area contributed by atoms with Gasteiger partial charge in [0.2, 0.25) is 0 Å². The maximum Gasteiger partial charge on any atom is 0.194 e. The van der Waals surface area contributed by atoms with Gasteiger partial charge >= 0.3 is 0 Å². The Morgan fingerprint density at radius 2 is 2.15 bits per heavy atom. The molecule has 0 bridgehead atoms. The molecule has 3 rings (SSSR count). The number of thioether (sulfide) groups is 1. The molecule has 1 N–H and O–H groups in total. The lowest BCUT2D eigenvalue weighted by Gasteiger charge is -2.39. The molecule has 0 spiro atoms. The number of hydrogen-bond donors (Lipinski definition) is 1. The van der Waals surface area contributed by atoms with E-state index in [1.54, 1.807) is 6.20 Å². The number of imidazole rings is 1. The second-order valence-corrected chi connectivity index (χ2v) is 8.60. The Kier molecular flexibility index (Phi) is 7.82. The van der Waals surface area contributed by atoms with Gasteiger partial charge < -0.3 is 14.8 Å². The molecule has 0 amide bonds. The van der Waals surface area contributed by atoms with Gasteiger partial charge in [0.15, 0.2) is 5.96 Å². The minimum atomic E-state index is 0. The first-order valence-electron chi connectivity index (χ1n) is 8.82. The second-order valence-electron chi connectivity index (χ2n) is 6.80. The molecule has 2 heterocycles. The molecule has 1 fully saturated rings. The summed E-state index contributed by atoms with van der Waals surface area (Å²) in [5.41, 5.74) is 2.33. The van der Waals surface area contributed by atoms with Crippen molar-refractivity contribution in [2.75, 3.05) is 25.4 Å². The fourth-order valence-electron chi connectivity index (χ4n) is 3.08. The molecular weight excluding hydrogens is 457 g/mol. The van der Waals surface area contributed by atoms with Crippen LogP contribution in [0, 0.1) is 0 Å². The Balaban J connectivity index is 0.00000243. The first kappa shape index (κ1) is 21.1. The van der Waals surface area contributed by atoms with Gasteiger partial charge in [-0.1, -0.05) is 18.2 Å². The van der Waals surface area contributed by atoms with Gasteiger partial charge in [-0.2, -0.15) is 11.8 Å². The number of rotatable bonds is 4. The lowest BCUT2D eigenvalue weighted by atomic mass is 10.1. The zero-order chi connectivity index (χ0) is 17.7. The number of benzene rings is 1. The predicted molar refractivity (Wildman–Crippen MR) is 122 cm³/mol. The number of nitrogens with one attached hydrogen (secondary N) is 1. The van der Waals surface area contributed by atoms with E-state index in [0.29, 0.717) is 6.54 Å². The fourth-order valence-corrected chi connectivity index (χ4v) is 4.19. The number of guanidine groups is 1. The molecule has 1 aromatic heterocycles. The lowest BCUT2D eigenvalue weighted by Crippen LogP contribution is -2.50. The molecule has 0 saturated carbocycles.